The van der Waals surface area contributed by atoms with E-state index in [-0.39, 0.29) is 17.7 Å². The van der Waals surface area contributed by atoms with Gasteiger partial charge in [0, 0.05) is 25.6 Å². The normalized spacial score (nSPS) is 21.2. The van der Waals surface area contributed by atoms with E-state index in [0.717, 1.165) is 30.6 Å². The number of hydrogen-bond donors (Lipinski definition) is 1. The fourth-order valence-electron chi connectivity index (χ4n) is 3.23. The quantitative estimate of drug-likeness (QED) is 0.870. The van der Waals surface area contributed by atoms with Gasteiger partial charge in [-0.1, -0.05) is 12.1 Å². The Balaban J connectivity index is 1.43. The van der Waals surface area contributed by atoms with E-state index in [1.165, 1.54) is 6.42 Å². The zero-order valence-electron chi connectivity index (χ0n) is 13.6. The Kier molecular flexibility index (Phi) is 4.84. The van der Waals surface area contributed by atoms with Crippen LogP contribution >= 0.6 is 0 Å². The lowest BCUT2D eigenvalue weighted by molar-refractivity contribution is -0.131. The first kappa shape index (κ1) is 15.8. The van der Waals surface area contributed by atoms with Gasteiger partial charge in [0.25, 0.3) is 0 Å². The molecule has 2 amide bonds. The summed E-state index contributed by atoms with van der Waals surface area (Å²) in [6.07, 6.45) is 4.54. The van der Waals surface area contributed by atoms with E-state index in [4.69, 9.17) is 4.74 Å². The van der Waals surface area contributed by atoms with E-state index in [1.54, 1.807) is 7.11 Å². The van der Waals surface area contributed by atoms with Crippen LogP contribution in [-0.4, -0.2) is 43.0 Å². The molecule has 1 unspecified atom stereocenters. The summed E-state index contributed by atoms with van der Waals surface area (Å²) < 4.78 is 5.13. The lowest BCUT2D eigenvalue weighted by atomic mass is 9.92. The molecule has 1 heterocycles. The van der Waals surface area contributed by atoms with Gasteiger partial charge in [0.15, 0.2) is 0 Å². The second-order valence-corrected chi connectivity index (χ2v) is 6.42. The zero-order chi connectivity index (χ0) is 16.2. The molecule has 0 radical (unpaired) electrons. The molecule has 0 aromatic heterocycles. The summed E-state index contributed by atoms with van der Waals surface area (Å²) >= 11 is 0. The van der Waals surface area contributed by atoms with Crippen molar-refractivity contribution in [1.29, 1.82) is 0 Å². The predicted molar refractivity (Wildman–Crippen MR) is 87.2 cm³/mol. The Morgan fingerprint density at radius 3 is 2.65 bits per heavy atom. The van der Waals surface area contributed by atoms with Crippen LogP contribution in [0.4, 0.5) is 0 Å². The number of ether oxygens (including phenoxy) is 1. The number of amides is 2. The Morgan fingerprint density at radius 2 is 2.04 bits per heavy atom. The van der Waals surface area contributed by atoms with Crippen LogP contribution in [-0.2, 0) is 16.0 Å². The van der Waals surface area contributed by atoms with Gasteiger partial charge < -0.3 is 15.0 Å². The first-order valence-corrected chi connectivity index (χ1v) is 8.37. The van der Waals surface area contributed by atoms with Gasteiger partial charge in [-0.15, -0.1) is 0 Å². The average Bonchev–Trinajstić information content (AvgIpc) is 2.88. The van der Waals surface area contributed by atoms with E-state index in [2.05, 4.69) is 5.32 Å². The van der Waals surface area contributed by atoms with Crippen molar-refractivity contribution < 1.29 is 14.3 Å². The summed E-state index contributed by atoms with van der Waals surface area (Å²) in [7, 11) is 1.64. The first-order valence-electron chi connectivity index (χ1n) is 8.37. The molecule has 23 heavy (non-hydrogen) atoms. The Hall–Kier alpha value is -2.04. The number of carbonyl (C=O) groups excluding carboxylic acids is 2. The maximum Gasteiger partial charge on any atom is 0.225 e. The van der Waals surface area contributed by atoms with Crippen LogP contribution < -0.4 is 10.1 Å². The van der Waals surface area contributed by atoms with Gasteiger partial charge >= 0.3 is 0 Å². The molecule has 124 valence electrons. The highest BCUT2D eigenvalue weighted by atomic mass is 16.5. The molecule has 2 aliphatic rings. The van der Waals surface area contributed by atoms with Crippen molar-refractivity contribution >= 4 is 11.8 Å². The van der Waals surface area contributed by atoms with E-state index >= 15 is 0 Å². The summed E-state index contributed by atoms with van der Waals surface area (Å²) in [4.78, 5) is 26.2. The summed E-state index contributed by atoms with van der Waals surface area (Å²) in [5.41, 5.74) is 1.16. The molecular formula is C18H24N2O3. The predicted octanol–water partition coefficient (Wildman–Crippen LogP) is 1.75. The summed E-state index contributed by atoms with van der Waals surface area (Å²) in [5, 5.41) is 2.97. The highest BCUT2D eigenvalue weighted by molar-refractivity contribution is 5.89. The number of nitrogens with one attached hydrogen (secondary N) is 1. The van der Waals surface area contributed by atoms with E-state index < -0.39 is 0 Å². The number of likely N-dealkylation sites (tertiary alicyclic amines) is 1. The molecule has 5 heteroatoms. The maximum atomic E-state index is 12.2. The summed E-state index contributed by atoms with van der Waals surface area (Å²) in [5.74, 6) is 0.802. The number of hydrogen-bond acceptors (Lipinski definition) is 3. The third-order valence-corrected chi connectivity index (χ3v) is 4.92. The molecule has 1 atom stereocenters. The molecule has 0 bridgehead atoms. The van der Waals surface area contributed by atoms with Crippen molar-refractivity contribution in [2.24, 2.45) is 5.92 Å². The Bertz CT molecular complexity index is 566. The third kappa shape index (κ3) is 3.66. The number of methoxy groups -OCH3 is 1. The molecular weight excluding hydrogens is 292 g/mol. The monoisotopic (exact) mass is 316 g/mol. The van der Waals surface area contributed by atoms with Crippen LogP contribution in [0.1, 0.15) is 31.2 Å². The summed E-state index contributed by atoms with van der Waals surface area (Å²) in [6, 6.07) is 8.23. The molecule has 3 rings (SSSR count). The third-order valence-electron chi connectivity index (χ3n) is 4.92. The zero-order valence-corrected chi connectivity index (χ0v) is 13.6. The lowest BCUT2D eigenvalue weighted by Crippen LogP contribution is -2.42. The molecule has 1 N–H and O–H groups in total. The fraction of sp³-hybridized carbons (Fsp3) is 0.556. The molecule has 1 aromatic carbocycles. The van der Waals surface area contributed by atoms with Crippen LogP contribution in [0.25, 0.3) is 0 Å². The molecule has 5 nitrogen and oxygen atoms in total. The van der Waals surface area contributed by atoms with Gasteiger partial charge in [0.05, 0.1) is 13.0 Å². The van der Waals surface area contributed by atoms with Crippen LogP contribution in [0.15, 0.2) is 24.3 Å². The fourth-order valence-corrected chi connectivity index (χ4v) is 3.23. The number of rotatable bonds is 6. The van der Waals surface area contributed by atoms with Crippen molar-refractivity contribution in [3.63, 3.8) is 0 Å². The van der Waals surface area contributed by atoms with Crippen molar-refractivity contribution in [3.8, 4) is 5.75 Å². The van der Waals surface area contributed by atoms with Crippen LogP contribution in [0.3, 0.4) is 0 Å². The van der Waals surface area contributed by atoms with Gasteiger partial charge in [-0.3, -0.25) is 9.59 Å². The minimum Gasteiger partial charge on any atom is -0.497 e. The van der Waals surface area contributed by atoms with E-state index in [1.807, 2.05) is 29.2 Å². The summed E-state index contributed by atoms with van der Waals surface area (Å²) in [6.45, 7) is 1.19. The van der Waals surface area contributed by atoms with Gasteiger partial charge in [-0.2, -0.15) is 0 Å². The molecule has 1 saturated carbocycles. The number of benzene rings is 1. The number of nitrogens with zero attached hydrogens (tertiary/aromatic N) is 1. The molecule has 1 aliphatic carbocycles. The second kappa shape index (κ2) is 7.02. The topological polar surface area (TPSA) is 58.6 Å². The Labute approximate surface area is 137 Å². The molecule has 2 fully saturated rings. The van der Waals surface area contributed by atoms with Crippen molar-refractivity contribution in [3.05, 3.63) is 29.8 Å². The average molecular weight is 316 g/mol. The van der Waals surface area contributed by atoms with Gasteiger partial charge in [-0.05, 0) is 43.4 Å². The molecule has 1 saturated heterocycles. The maximum absolute atomic E-state index is 12.2. The smallest absolute Gasteiger partial charge is 0.225 e. The standard InChI is InChI=1S/C18H24N2O3/c1-23-16-7-5-13(6-8-16)9-10-19-18(22)14-11-17(21)20(12-14)15-3-2-4-15/h5-8,14-15H,2-4,9-12H2,1H3,(H,19,22). The minimum absolute atomic E-state index is 0.00804. The first-order chi connectivity index (χ1) is 11.2. The molecule has 1 aliphatic heterocycles. The number of carbonyl (C=O) groups is 2. The second-order valence-electron chi connectivity index (χ2n) is 6.42. The van der Waals surface area contributed by atoms with Crippen LogP contribution in [0.5, 0.6) is 5.75 Å². The molecule has 1 aromatic rings. The van der Waals surface area contributed by atoms with Gasteiger partial charge in [0.2, 0.25) is 11.8 Å². The van der Waals surface area contributed by atoms with E-state index in [0.29, 0.717) is 25.6 Å². The molecule has 0 spiro atoms. The largest absolute Gasteiger partial charge is 0.497 e. The van der Waals surface area contributed by atoms with Crippen molar-refractivity contribution in [2.45, 2.75) is 38.1 Å². The highest BCUT2D eigenvalue weighted by Crippen LogP contribution is 2.30. The van der Waals surface area contributed by atoms with Crippen molar-refractivity contribution in [1.82, 2.24) is 10.2 Å². The SMILES string of the molecule is COc1ccc(CCNC(=O)C2CC(=O)N(C3CCC3)C2)cc1. The highest BCUT2D eigenvalue weighted by Gasteiger charge is 2.39. The van der Waals surface area contributed by atoms with E-state index in [9.17, 15) is 9.59 Å². The Morgan fingerprint density at radius 1 is 1.30 bits per heavy atom. The van der Waals surface area contributed by atoms with Crippen LogP contribution in [0.2, 0.25) is 0 Å². The van der Waals surface area contributed by atoms with Gasteiger partial charge in [0.1, 0.15) is 5.75 Å². The lowest BCUT2D eigenvalue weighted by Gasteiger charge is -2.34. The van der Waals surface area contributed by atoms with Gasteiger partial charge in [-0.25, -0.2) is 0 Å². The van der Waals surface area contributed by atoms with Crippen molar-refractivity contribution in [2.75, 3.05) is 20.2 Å². The van der Waals surface area contributed by atoms with Crippen LogP contribution in [0, 0.1) is 5.92 Å². The minimum atomic E-state index is -0.182.